The van der Waals surface area contributed by atoms with Gasteiger partial charge in [0.1, 0.15) is 10.6 Å². The minimum absolute atomic E-state index is 0.00809. The quantitative estimate of drug-likeness (QED) is 0.405. The highest BCUT2D eigenvalue weighted by Gasteiger charge is 2.36. The van der Waals surface area contributed by atoms with E-state index in [4.69, 9.17) is 27.9 Å². The van der Waals surface area contributed by atoms with Gasteiger partial charge in [-0.3, -0.25) is 9.10 Å². The van der Waals surface area contributed by atoms with Crippen LogP contribution in [-0.2, 0) is 31.3 Å². The molecule has 0 aromatic heterocycles. The van der Waals surface area contributed by atoms with Crippen molar-refractivity contribution in [3.63, 3.8) is 0 Å². The van der Waals surface area contributed by atoms with Crippen molar-refractivity contribution in [3.8, 4) is 5.75 Å². The number of carbonyl (C=O) groups is 1. The van der Waals surface area contributed by atoms with Gasteiger partial charge < -0.3 is 10.1 Å². The summed E-state index contributed by atoms with van der Waals surface area (Å²) in [6, 6.07) is 15.5. The van der Waals surface area contributed by atoms with E-state index in [1.165, 1.54) is 52.1 Å². The summed E-state index contributed by atoms with van der Waals surface area (Å²) in [5, 5.41) is 3.55. The number of nitrogens with one attached hydrogen (secondary N) is 1. The monoisotopic (exact) mass is 623 g/mol. The molecule has 0 bridgehead atoms. The van der Waals surface area contributed by atoms with E-state index in [9.17, 15) is 21.6 Å². The van der Waals surface area contributed by atoms with Crippen LogP contribution in [0.25, 0.3) is 0 Å². The van der Waals surface area contributed by atoms with Crippen LogP contribution in [0.3, 0.4) is 0 Å². The summed E-state index contributed by atoms with van der Waals surface area (Å²) >= 11 is 12.0. The molecule has 13 heteroatoms. The van der Waals surface area contributed by atoms with Crippen molar-refractivity contribution in [2.75, 3.05) is 36.4 Å². The van der Waals surface area contributed by atoms with Gasteiger partial charge in [0.15, 0.2) is 0 Å². The predicted molar refractivity (Wildman–Crippen MR) is 154 cm³/mol. The summed E-state index contributed by atoms with van der Waals surface area (Å²) < 4.78 is 61.3. The lowest BCUT2D eigenvalue weighted by Gasteiger charge is -2.31. The van der Waals surface area contributed by atoms with Crippen LogP contribution < -0.4 is 14.4 Å². The first-order valence-electron chi connectivity index (χ1n) is 12.6. The molecule has 2 aliphatic heterocycles. The maximum Gasteiger partial charge on any atom is 0.264 e. The summed E-state index contributed by atoms with van der Waals surface area (Å²) in [4.78, 5) is 13.3. The molecule has 0 unspecified atom stereocenters. The second kappa shape index (κ2) is 11.2. The molecule has 1 N–H and O–H groups in total. The van der Waals surface area contributed by atoms with Crippen molar-refractivity contribution >= 4 is 60.5 Å². The number of amides is 1. The number of carbonyl (C=O) groups excluding carboxylic acids is 1. The number of fused-ring (bicyclic) bond motifs is 1. The standard InChI is InChI=1S/C27H27Cl2N3O6S2/c1-38-25-11-7-21(29)15-26(25)40(36,37)31-13-2-3-19(17-31)27(33)30-22-8-4-18-12-14-32(24(18)16-22)39(34,35)23-9-5-20(28)6-10-23/h4-11,15-16,19H,2-3,12-14,17H2,1H3,(H,30,33)/t19-/m1/s1. The molecule has 5 rings (SSSR count). The Hall–Kier alpha value is -2.83. The Bertz CT molecular complexity index is 1660. The lowest BCUT2D eigenvalue weighted by atomic mass is 9.98. The zero-order valence-corrected chi connectivity index (χ0v) is 24.7. The normalized spacial score (nSPS) is 17.9. The maximum absolute atomic E-state index is 13.4. The second-order valence-corrected chi connectivity index (χ2v) is 14.3. The summed E-state index contributed by atoms with van der Waals surface area (Å²) in [6.45, 7) is 0.532. The van der Waals surface area contributed by atoms with Crippen LogP contribution >= 0.6 is 23.2 Å². The molecular formula is C27H27Cl2N3O6S2. The van der Waals surface area contributed by atoms with Gasteiger partial charge in [-0.2, -0.15) is 4.31 Å². The van der Waals surface area contributed by atoms with E-state index in [-0.39, 0.29) is 46.1 Å². The van der Waals surface area contributed by atoms with Crippen LogP contribution in [0.15, 0.2) is 70.5 Å². The highest BCUT2D eigenvalue weighted by molar-refractivity contribution is 7.92. The highest BCUT2D eigenvalue weighted by Crippen LogP contribution is 2.36. The molecule has 1 atom stereocenters. The van der Waals surface area contributed by atoms with E-state index in [0.717, 1.165) is 5.56 Å². The van der Waals surface area contributed by atoms with Gasteiger partial charge in [-0.25, -0.2) is 16.8 Å². The van der Waals surface area contributed by atoms with Crippen molar-refractivity contribution in [3.05, 3.63) is 76.3 Å². The van der Waals surface area contributed by atoms with Gasteiger partial charge in [0.05, 0.1) is 23.6 Å². The van der Waals surface area contributed by atoms with E-state index in [1.807, 2.05) is 0 Å². The van der Waals surface area contributed by atoms with E-state index < -0.39 is 26.0 Å². The number of ether oxygens (including phenoxy) is 1. The van der Waals surface area contributed by atoms with Gasteiger partial charge in [0, 0.05) is 35.4 Å². The van der Waals surface area contributed by atoms with Crippen molar-refractivity contribution < 1.29 is 26.4 Å². The topological polar surface area (TPSA) is 113 Å². The first-order valence-corrected chi connectivity index (χ1v) is 16.2. The average molecular weight is 625 g/mol. The first-order chi connectivity index (χ1) is 19.0. The van der Waals surface area contributed by atoms with Crippen molar-refractivity contribution in [1.29, 1.82) is 0 Å². The van der Waals surface area contributed by atoms with Crippen LogP contribution in [0.4, 0.5) is 11.4 Å². The Morgan fingerprint density at radius 3 is 2.38 bits per heavy atom. The maximum atomic E-state index is 13.4. The summed E-state index contributed by atoms with van der Waals surface area (Å²) in [5.74, 6) is -0.772. The third-order valence-electron chi connectivity index (χ3n) is 7.11. The number of methoxy groups -OCH3 is 1. The van der Waals surface area contributed by atoms with Crippen molar-refractivity contribution in [2.24, 2.45) is 5.92 Å². The molecule has 40 heavy (non-hydrogen) atoms. The Morgan fingerprint density at radius 1 is 0.925 bits per heavy atom. The van der Waals surface area contributed by atoms with Gasteiger partial charge in [-0.05, 0) is 79.4 Å². The highest BCUT2D eigenvalue weighted by atomic mass is 35.5. The van der Waals surface area contributed by atoms with Crippen LogP contribution in [0, 0.1) is 5.92 Å². The molecule has 2 aliphatic rings. The predicted octanol–water partition coefficient (Wildman–Crippen LogP) is 4.79. The summed E-state index contributed by atoms with van der Waals surface area (Å²) in [5.41, 5.74) is 1.77. The molecule has 3 aromatic carbocycles. The van der Waals surface area contributed by atoms with Gasteiger partial charge in [0.25, 0.3) is 10.0 Å². The zero-order chi connectivity index (χ0) is 28.7. The van der Waals surface area contributed by atoms with Crippen molar-refractivity contribution in [1.82, 2.24) is 4.31 Å². The molecule has 1 saturated heterocycles. The molecule has 2 heterocycles. The SMILES string of the molecule is COc1ccc(Cl)cc1S(=O)(=O)N1CCC[C@@H](C(=O)Nc2ccc3c(c2)N(S(=O)(=O)c2ccc(Cl)cc2)CC3)C1. The Kier molecular flexibility index (Phi) is 8.04. The van der Waals surface area contributed by atoms with E-state index in [0.29, 0.717) is 35.7 Å². The summed E-state index contributed by atoms with van der Waals surface area (Å²) in [6.07, 6.45) is 1.54. The third-order valence-corrected chi connectivity index (χ3v) is 11.3. The molecule has 1 fully saturated rings. The second-order valence-electron chi connectivity index (χ2n) is 9.61. The number of nitrogens with zero attached hydrogens (tertiary/aromatic N) is 2. The molecule has 0 saturated carbocycles. The van der Waals surface area contributed by atoms with Gasteiger partial charge in [-0.15, -0.1) is 0 Å². The van der Waals surface area contributed by atoms with Crippen LogP contribution in [0.2, 0.25) is 10.0 Å². The minimum atomic E-state index is -3.97. The van der Waals surface area contributed by atoms with Crippen LogP contribution in [-0.4, -0.2) is 53.8 Å². The number of rotatable bonds is 7. The van der Waals surface area contributed by atoms with Crippen LogP contribution in [0.5, 0.6) is 5.75 Å². The number of benzene rings is 3. The van der Waals surface area contributed by atoms with Gasteiger partial charge >= 0.3 is 0 Å². The molecule has 3 aromatic rings. The molecule has 0 spiro atoms. The molecule has 9 nitrogen and oxygen atoms in total. The summed E-state index contributed by atoms with van der Waals surface area (Å²) in [7, 11) is -6.41. The van der Waals surface area contributed by atoms with Crippen molar-refractivity contribution in [2.45, 2.75) is 29.1 Å². The lowest BCUT2D eigenvalue weighted by Crippen LogP contribution is -2.43. The first kappa shape index (κ1) is 28.7. The molecule has 0 aliphatic carbocycles. The fourth-order valence-electron chi connectivity index (χ4n) is 5.02. The number of piperidine rings is 1. The fourth-order valence-corrected chi connectivity index (χ4v) is 8.58. The average Bonchev–Trinajstić information content (AvgIpc) is 3.37. The van der Waals surface area contributed by atoms with Gasteiger partial charge in [0.2, 0.25) is 15.9 Å². The minimum Gasteiger partial charge on any atom is -0.495 e. The Balaban J connectivity index is 1.33. The van der Waals surface area contributed by atoms with E-state index >= 15 is 0 Å². The molecular weight excluding hydrogens is 597 g/mol. The van der Waals surface area contributed by atoms with Crippen LogP contribution in [0.1, 0.15) is 18.4 Å². The Labute approximate surface area is 243 Å². The largest absolute Gasteiger partial charge is 0.495 e. The number of halogens is 2. The zero-order valence-electron chi connectivity index (χ0n) is 21.5. The molecule has 0 radical (unpaired) electrons. The van der Waals surface area contributed by atoms with Gasteiger partial charge in [-0.1, -0.05) is 29.3 Å². The number of sulfonamides is 2. The molecule has 1 amide bonds. The fraction of sp³-hybridized carbons (Fsp3) is 0.296. The number of anilines is 2. The number of hydrogen-bond acceptors (Lipinski definition) is 6. The smallest absolute Gasteiger partial charge is 0.264 e. The number of hydrogen-bond donors (Lipinski definition) is 1. The lowest BCUT2D eigenvalue weighted by molar-refractivity contribution is -0.120. The van der Waals surface area contributed by atoms with E-state index in [1.54, 1.807) is 24.3 Å². The Morgan fingerprint density at radius 2 is 1.65 bits per heavy atom. The third kappa shape index (κ3) is 5.53. The van der Waals surface area contributed by atoms with E-state index in [2.05, 4.69) is 5.32 Å². The molecule has 212 valence electrons.